The summed E-state index contributed by atoms with van der Waals surface area (Å²) in [5, 5.41) is 26.2. The number of halogens is 2. The van der Waals surface area contributed by atoms with Gasteiger partial charge in [0.2, 0.25) is 5.91 Å². The van der Waals surface area contributed by atoms with Crippen molar-refractivity contribution >= 4 is 33.4 Å². The molecule has 266 valence electrons. The van der Waals surface area contributed by atoms with E-state index in [1.54, 1.807) is 6.07 Å². The molecule has 3 aliphatic heterocycles. The van der Waals surface area contributed by atoms with E-state index >= 15 is 8.78 Å². The number of aromatic nitrogens is 2. The molecule has 1 unspecified atom stereocenters. The van der Waals surface area contributed by atoms with Crippen LogP contribution in [0.15, 0.2) is 43.0 Å². The normalized spacial score (nSPS) is 19.1. The van der Waals surface area contributed by atoms with Gasteiger partial charge in [-0.05, 0) is 99.5 Å². The zero-order valence-corrected chi connectivity index (χ0v) is 28.8. The van der Waals surface area contributed by atoms with Crippen LogP contribution >= 0.6 is 0 Å². The van der Waals surface area contributed by atoms with E-state index in [-0.39, 0.29) is 74.9 Å². The first kappa shape index (κ1) is 34.6. The number of rotatable bonds is 8. The summed E-state index contributed by atoms with van der Waals surface area (Å²) in [6, 6.07) is 6.55. The molecule has 51 heavy (non-hydrogen) atoms. The average molecular weight is 698 g/mol. The number of terminal acetylenes is 1. The highest BCUT2D eigenvalue weighted by molar-refractivity contribution is 6.05. The monoisotopic (exact) mass is 697 g/mol. The molecule has 0 bridgehead atoms. The predicted octanol–water partition coefficient (Wildman–Crippen LogP) is 5.16. The number of nitrogens with one attached hydrogen (secondary N) is 1. The maximum Gasteiger partial charge on any atom is 0.319 e. The quantitative estimate of drug-likeness (QED) is 0.170. The number of carbonyl (C=O) groups excluding carboxylic acids is 1. The summed E-state index contributed by atoms with van der Waals surface area (Å²) in [4.78, 5) is 26.1. The molecule has 4 heterocycles. The fourth-order valence-electron chi connectivity index (χ4n) is 8.02. The van der Waals surface area contributed by atoms with Crippen molar-refractivity contribution in [2.75, 3.05) is 50.9 Å². The lowest BCUT2D eigenvalue weighted by Crippen LogP contribution is -2.44. The Morgan fingerprint density at radius 1 is 1.22 bits per heavy atom. The molecule has 0 radical (unpaired) electrons. The molecule has 3 aliphatic rings. The lowest BCUT2D eigenvalue weighted by molar-refractivity contribution is -0.117. The Bertz CT molecular complexity index is 2080. The Hall–Kier alpha value is -4.83. The highest BCUT2D eigenvalue weighted by Gasteiger charge is 2.45. The van der Waals surface area contributed by atoms with Crippen LogP contribution in [0.2, 0.25) is 0 Å². The first-order chi connectivity index (χ1) is 24.4. The van der Waals surface area contributed by atoms with Gasteiger partial charge < -0.3 is 29.9 Å². The van der Waals surface area contributed by atoms with Gasteiger partial charge in [0, 0.05) is 29.4 Å². The third kappa shape index (κ3) is 6.35. The largest absolute Gasteiger partial charge is 0.508 e. The number of amides is 1. The SMILES string of the molecule is C#Cc1c(F)ccc2cc(O)cc(-c3c(C(C)(C)O)cc4c(N5CCOCC(NC(=O)C=C)C5)nc(OCC56CCCN5CCC6)nc4c3F)c12. The number of nitrogens with zero attached hydrogens (tertiary/aromatic N) is 4. The molecule has 1 aromatic heterocycles. The fourth-order valence-corrected chi connectivity index (χ4v) is 8.02. The van der Waals surface area contributed by atoms with Crippen LogP contribution in [0.1, 0.15) is 50.7 Å². The molecule has 0 aliphatic carbocycles. The van der Waals surface area contributed by atoms with Gasteiger partial charge in [0.15, 0.2) is 5.82 Å². The Labute approximate surface area is 295 Å². The van der Waals surface area contributed by atoms with Gasteiger partial charge in [-0.15, -0.1) is 6.42 Å². The lowest BCUT2D eigenvalue weighted by atomic mass is 9.84. The van der Waals surface area contributed by atoms with E-state index in [4.69, 9.17) is 20.9 Å². The van der Waals surface area contributed by atoms with Gasteiger partial charge >= 0.3 is 6.01 Å². The molecular formula is C39H41F2N5O5. The second kappa shape index (κ2) is 13.4. The minimum absolute atomic E-state index is 0.0283. The maximum absolute atomic E-state index is 17.6. The first-order valence-corrected chi connectivity index (χ1v) is 17.3. The molecule has 0 saturated carbocycles. The lowest BCUT2D eigenvalue weighted by Gasteiger charge is -2.32. The molecule has 1 atom stereocenters. The number of carbonyl (C=O) groups is 1. The van der Waals surface area contributed by atoms with Crippen molar-refractivity contribution in [3.05, 3.63) is 65.7 Å². The number of fused-ring (bicyclic) bond motifs is 3. The summed E-state index contributed by atoms with van der Waals surface area (Å²) in [6.07, 6.45) is 11.1. The van der Waals surface area contributed by atoms with Crippen LogP contribution in [-0.4, -0.2) is 88.6 Å². The summed E-state index contributed by atoms with van der Waals surface area (Å²) < 4.78 is 44.9. The Kier molecular flexibility index (Phi) is 9.08. The molecule has 0 spiro atoms. The Balaban J connectivity index is 1.47. The van der Waals surface area contributed by atoms with E-state index in [0.29, 0.717) is 31.0 Å². The Morgan fingerprint density at radius 2 is 1.98 bits per heavy atom. The van der Waals surface area contributed by atoms with Crippen LogP contribution in [0.5, 0.6) is 11.8 Å². The zero-order valence-electron chi connectivity index (χ0n) is 28.8. The van der Waals surface area contributed by atoms with E-state index in [1.807, 2.05) is 4.90 Å². The van der Waals surface area contributed by atoms with Crippen LogP contribution in [0.4, 0.5) is 14.6 Å². The topological polar surface area (TPSA) is 120 Å². The third-order valence-electron chi connectivity index (χ3n) is 10.4. The van der Waals surface area contributed by atoms with Gasteiger partial charge in [0.1, 0.15) is 29.5 Å². The molecule has 1 amide bonds. The number of aliphatic hydroxyl groups is 1. The Morgan fingerprint density at radius 3 is 2.69 bits per heavy atom. The summed E-state index contributed by atoms with van der Waals surface area (Å²) in [5.41, 5.74) is -1.85. The molecule has 3 saturated heterocycles. The van der Waals surface area contributed by atoms with Gasteiger partial charge in [-0.1, -0.05) is 18.6 Å². The van der Waals surface area contributed by atoms with Gasteiger partial charge in [-0.3, -0.25) is 9.69 Å². The van der Waals surface area contributed by atoms with Crippen LogP contribution in [-0.2, 0) is 15.1 Å². The third-order valence-corrected chi connectivity index (χ3v) is 10.4. The number of ether oxygens (including phenoxy) is 2. The van der Waals surface area contributed by atoms with Crippen molar-refractivity contribution in [3.63, 3.8) is 0 Å². The van der Waals surface area contributed by atoms with Crippen LogP contribution in [0.25, 0.3) is 32.8 Å². The summed E-state index contributed by atoms with van der Waals surface area (Å²) in [5.74, 6) is 0.642. The van der Waals surface area contributed by atoms with Gasteiger partial charge in [0.05, 0.1) is 36.0 Å². The molecule has 7 rings (SSSR count). The molecule has 3 fully saturated rings. The number of anilines is 1. The second-order valence-corrected chi connectivity index (χ2v) is 14.2. The molecule has 10 nitrogen and oxygen atoms in total. The second-order valence-electron chi connectivity index (χ2n) is 14.2. The van der Waals surface area contributed by atoms with E-state index in [0.717, 1.165) is 38.8 Å². The van der Waals surface area contributed by atoms with E-state index in [2.05, 4.69) is 27.7 Å². The van der Waals surface area contributed by atoms with Crippen molar-refractivity contribution in [3.8, 4) is 35.2 Å². The number of benzene rings is 3. The number of hydrogen-bond donors (Lipinski definition) is 3. The average Bonchev–Trinajstić information content (AvgIpc) is 3.60. The van der Waals surface area contributed by atoms with Crippen LogP contribution in [0, 0.1) is 24.0 Å². The maximum atomic E-state index is 17.6. The van der Waals surface area contributed by atoms with Gasteiger partial charge in [-0.2, -0.15) is 9.97 Å². The number of aromatic hydroxyl groups is 1. The standard InChI is InChI=1S/C39H41F2N5O5/c1-5-26-30(40)10-9-23-17-25(47)18-27(32(23)26)33-29(38(3,4)49)19-28-35(34(33)41)43-37(51-22-39-11-7-13-46(39)14-8-12-39)44-36(28)45-15-16-50-21-24(20-45)42-31(48)6-2/h1,6,9-10,17-19,24,47,49H,2,7-8,11-16,20-22H2,3-4H3,(H,42,48). The molecule has 3 N–H and O–H groups in total. The molecular weight excluding hydrogens is 656 g/mol. The van der Waals surface area contributed by atoms with Crippen LogP contribution < -0.4 is 15.0 Å². The highest BCUT2D eigenvalue weighted by atomic mass is 19.1. The highest BCUT2D eigenvalue weighted by Crippen LogP contribution is 2.45. The van der Waals surface area contributed by atoms with Crippen LogP contribution in [0.3, 0.4) is 0 Å². The predicted molar refractivity (Wildman–Crippen MR) is 191 cm³/mol. The fraction of sp³-hybridized carbons (Fsp3) is 0.410. The van der Waals surface area contributed by atoms with Crippen molar-refractivity contribution in [2.24, 2.45) is 0 Å². The van der Waals surface area contributed by atoms with E-state index < -0.39 is 23.3 Å². The smallest absolute Gasteiger partial charge is 0.319 e. The number of phenolic OH excluding ortho intramolecular Hbond substituents is 1. The van der Waals surface area contributed by atoms with Gasteiger partial charge in [0.25, 0.3) is 0 Å². The van der Waals surface area contributed by atoms with Gasteiger partial charge in [-0.25, -0.2) is 8.78 Å². The number of phenols is 1. The molecule has 4 aromatic rings. The summed E-state index contributed by atoms with van der Waals surface area (Å²) >= 11 is 0. The minimum Gasteiger partial charge on any atom is -0.508 e. The number of hydrogen-bond acceptors (Lipinski definition) is 9. The van der Waals surface area contributed by atoms with Crippen molar-refractivity contribution in [1.82, 2.24) is 20.2 Å². The van der Waals surface area contributed by atoms with Crippen molar-refractivity contribution in [1.29, 1.82) is 0 Å². The summed E-state index contributed by atoms with van der Waals surface area (Å²) in [6.45, 7) is 10.1. The molecule has 12 heteroatoms. The van der Waals surface area contributed by atoms with E-state index in [9.17, 15) is 15.0 Å². The van der Waals surface area contributed by atoms with Crippen molar-refractivity contribution in [2.45, 2.75) is 56.7 Å². The summed E-state index contributed by atoms with van der Waals surface area (Å²) in [7, 11) is 0. The zero-order chi connectivity index (χ0) is 36.1. The molecule has 3 aromatic carbocycles. The van der Waals surface area contributed by atoms with Crippen molar-refractivity contribution < 1.29 is 33.3 Å². The first-order valence-electron chi connectivity index (χ1n) is 17.3. The van der Waals surface area contributed by atoms with E-state index in [1.165, 1.54) is 44.2 Å². The minimum atomic E-state index is -1.64.